The molecule has 9 aromatic rings. The van der Waals surface area contributed by atoms with Gasteiger partial charge in [0.05, 0.1) is 69.6 Å². The highest BCUT2D eigenvalue weighted by Gasteiger charge is 2.15. The summed E-state index contributed by atoms with van der Waals surface area (Å²) in [5.41, 5.74) is 8.05. The third kappa shape index (κ3) is 16.0. The zero-order valence-electron chi connectivity index (χ0n) is 48.1. The van der Waals surface area contributed by atoms with Gasteiger partial charge in [0.25, 0.3) is 0 Å². The van der Waals surface area contributed by atoms with E-state index in [1.807, 2.05) is 158 Å². The molecule has 8 aromatic carbocycles. The van der Waals surface area contributed by atoms with E-state index >= 15 is 0 Å². The number of methoxy groups -OCH3 is 8. The maximum atomic E-state index is 6.67. The second kappa shape index (κ2) is 28.4. The van der Waals surface area contributed by atoms with Gasteiger partial charge in [0.1, 0.15) is 126 Å². The van der Waals surface area contributed by atoms with Crippen molar-refractivity contribution >= 4 is 0 Å². The van der Waals surface area contributed by atoms with Crippen LogP contribution in [0.3, 0.4) is 0 Å². The van der Waals surface area contributed by atoms with E-state index in [0.29, 0.717) is 92.7 Å². The van der Waals surface area contributed by atoms with Gasteiger partial charge < -0.3 is 66.3 Å². The molecule has 0 radical (unpaired) electrons. The van der Waals surface area contributed by atoms with Gasteiger partial charge in [-0.15, -0.1) is 11.5 Å². The highest BCUT2D eigenvalue weighted by Crippen LogP contribution is 2.34. The number of ether oxygens (including phenoxy) is 14. The SMILES string of the molecule is C#Cc1ccc(-c2cn(Cc3cc(OCc4cc(OCc5cc(OC)cc(OC)c5)cc(OCc5cc(OC)cc(OC)c5)c4)cc(OCc4cc(OCc5cc(OC)cc(OC)c5)cc(OCc5ccc(OC)cc5OC)c4)c3)nn2)cc1. The first-order valence-electron chi connectivity index (χ1n) is 26.6. The van der Waals surface area contributed by atoms with Gasteiger partial charge >= 0.3 is 0 Å². The van der Waals surface area contributed by atoms with E-state index in [9.17, 15) is 0 Å². The van der Waals surface area contributed by atoms with E-state index < -0.39 is 0 Å². The van der Waals surface area contributed by atoms with Crippen molar-refractivity contribution < 1.29 is 66.3 Å². The summed E-state index contributed by atoms with van der Waals surface area (Å²) in [6, 6.07) is 47.0. The average molecular weight is 1140 g/mol. The molecule has 0 spiro atoms. The van der Waals surface area contributed by atoms with E-state index in [1.165, 1.54) is 0 Å². The molecular formula is C67H65N3O14. The van der Waals surface area contributed by atoms with Crippen molar-refractivity contribution in [1.82, 2.24) is 15.0 Å². The Hall–Kier alpha value is -10.3. The average Bonchev–Trinajstić information content (AvgIpc) is 4.20. The molecule has 0 amide bonds. The molecule has 0 saturated heterocycles. The molecule has 17 heteroatoms. The topological polar surface area (TPSA) is 160 Å². The first-order chi connectivity index (χ1) is 41.0. The van der Waals surface area contributed by atoms with E-state index in [1.54, 1.807) is 61.6 Å². The lowest BCUT2D eigenvalue weighted by molar-refractivity contribution is 0.274. The summed E-state index contributed by atoms with van der Waals surface area (Å²) in [5.74, 6) is 11.0. The van der Waals surface area contributed by atoms with Crippen LogP contribution in [-0.2, 0) is 46.2 Å². The number of nitrogens with zero attached hydrogens (tertiary/aromatic N) is 3. The summed E-state index contributed by atoms with van der Waals surface area (Å²) in [6.45, 7) is 1.41. The molecule has 432 valence electrons. The van der Waals surface area contributed by atoms with Gasteiger partial charge in [0.15, 0.2) is 0 Å². The van der Waals surface area contributed by atoms with Gasteiger partial charge in [-0.2, -0.15) is 0 Å². The summed E-state index contributed by atoms with van der Waals surface area (Å²) in [5, 5.41) is 8.96. The largest absolute Gasteiger partial charge is 0.497 e. The molecule has 1 heterocycles. The van der Waals surface area contributed by atoms with E-state index in [-0.39, 0.29) is 39.6 Å². The van der Waals surface area contributed by atoms with Gasteiger partial charge in [-0.25, -0.2) is 4.68 Å². The molecule has 0 aliphatic carbocycles. The summed E-state index contributed by atoms with van der Waals surface area (Å²) in [6.07, 6.45) is 7.51. The minimum absolute atomic E-state index is 0.120. The predicted molar refractivity (Wildman–Crippen MR) is 316 cm³/mol. The van der Waals surface area contributed by atoms with Gasteiger partial charge in [0, 0.05) is 59.2 Å². The highest BCUT2D eigenvalue weighted by molar-refractivity contribution is 5.59. The maximum Gasteiger partial charge on any atom is 0.129 e. The van der Waals surface area contributed by atoms with Gasteiger partial charge in [-0.1, -0.05) is 23.3 Å². The second-order valence-corrected chi connectivity index (χ2v) is 19.0. The minimum Gasteiger partial charge on any atom is -0.497 e. The normalized spacial score (nSPS) is 10.7. The molecule has 0 fully saturated rings. The first kappa shape index (κ1) is 58.3. The minimum atomic E-state index is 0.120. The highest BCUT2D eigenvalue weighted by atomic mass is 16.5. The molecule has 0 N–H and O–H groups in total. The van der Waals surface area contributed by atoms with E-state index in [0.717, 1.165) is 50.1 Å². The Morgan fingerprint density at radius 2 is 0.679 bits per heavy atom. The van der Waals surface area contributed by atoms with Gasteiger partial charge in [-0.3, -0.25) is 0 Å². The molecule has 17 nitrogen and oxygen atoms in total. The molecule has 0 aliphatic rings. The first-order valence-corrected chi connectivity index (χ1v) is 26.6. The number of aromatic nitrogens is 3. The number of hydrogen-bond donors (Lipinski definition) is 0. The Labute approximate surface area is 488 Å². The van der Waals surface area contributed by atoms with Crippen molar-refractivity contribution in [3.8, 4) is 104 Å². The third-order valence-corrected chi connectivity index (χ3v) is 13.2. The molecule has 0 unspecified atom stereocenters. The standard InChI is InChI=1S/C67H65N3O14/c1-10-44-11-13-51(14-12-44)66-37-70(69-68-66)36-45-17-60(79-41-49-25-62(81-38-46-19-54(72-3)29-55(20-46)73-4)33-63(26-49)82-39-47-21-56(74-5)30-57(22-47)75-6)32-61(18-45)80-42-50-27-64(83-40-48-23-58(76-7)31-59(24-48)77-8)34-65(28-50)84-43-52-15-16-53(71-2)35-67(52)78-9/h1,11-35,37H,36,38-43H2,2-9H3. The predicted octanol–water partition coefficient (Wildman–Crippen LogP) is 12.5. The summed E-state index contributed by atoms with van der Waals surface area (Å²) in [4.78, 5) is 0. The van der Waals surface area contributed by atoms with Crippen LogP contribution in [0.5, 0.6) is 80.5 Å². The Balaban J connectivity index is 1.01. The fraction of sp³-hybridized carbons (Fsp3) is 0.224. The lowest BCUT2D eigenvalue weighted by Gasteiger charge is -2.16. The number of hydrogen-bond acceptors (Lipinski definition) is 16. The van der Waals surface area contributed by atoms with Crippen LogP contribution >= 0.6 is 0 Å². The van der Waals surface area contributed by atoms with Crippen molar-refractivity contribution in [3.63, 3.8) is 0 Å². The fourth-order valence-electron chi connectivity index (χ4n) is 8.90. The molecule has 0 bridgehead atoms. The van der Waals surface area contributed by atoms with E-state index in [4.69, 9.17) is 72.7 Å². The van der Waals surface area contributed by atoms with Crippen LogP contribution in [0.15, 0.2) is 158 Å². The van der Waals surface area contributed by atoms with Crippen molar-refractivity contribution in [2.24, 2.45) is 0 Å². The Morgan fingerprint density at radius 1 is 0.345 bits per heavy atom. The smallest absolute Gasteiger partial charge is 0.129 e. The lowest BCUT2D eigenvalue weighted by Crippen LogP contribution is -2.05. The monoisotopic (exact) mass is 1140 g/mol. The van der Waals surface area contributed by atoms with E-state index in [2.05, 4.69) is 16.2 Å². The van der Waals surface area contributed by atoms with Crippen molar-refractivity contribution in [3.05, 3.63) is 202 Å². The fourth-order valence-corrected chi connectivity index (χ4v) is 8.90. The molecular weight excluding hydrogens is 1070 g/mol. The number of benzene rings is 8. The second-order valence-electron chi connectivity index (χ2n) is 19.0. The van der Waals surface area contributed by atoms with Crippen LogP contribution in [0.1, 0.15) is 44.5 Å². The number of rotatable bonds is 29. The molecule has 0 saturated carbocycles. The van der Waals surface area contributed by atoms with Crippen LogP contribution in [0, 0.1) is 12.3 Å². The quantitative estimate of drug-likeness (QED) is 0.0407. The Kier molecular flexibility index (Phi) is 19.7. The van der Waals surface area contributed by atoms with Crippen LogP contribution in [0.4, 0.5) is 0 Å². The third-order valence-electron chi connectivity index (χ3n) is 13.2. The molecule has 0 atom stereocenters. The zero-order valence-corrected chi connectivity index (χ0v) is 48.1. The van der Waals surface area contributed by atoms with Gasteiger partial charge in [0.2, 0.25) is 0 Å². The number of terminal acetylenes is 1. The maximum absolute atomic E-state index is 6.67. The molecule has 84 heavy (non-hydrogen) atoms. The molecule has 1 aromatic heterocycles. The van der Waals surface area contributed by atoms with Crippen molar-refractivity contribution in [2.75, 3.05) is 56.9 Å². The van der Waals surface area contributed by atoms with Gasteiger partial charge in [-0.05, 0) is 130 Å². The summed E-state index contributed by atoms with van der Waals surface area (Å²) < 4.78 is 85.1. The van der Waals surface area contributed by atoms with Crippen molar-refractivity contribution in [1.29, 1.82) is 0 Å². The van der Waals surface area contributed by atoms with Crippen molar-refractivity contribution in [2.45, 2.75) is 46.2 Å². The lowest BCUT2D eigenvalue weighted by atomic mass is 10.1. The van der Waals surface area contributed by atoms with Crippen LogP contribution in [0.25, 0.3) is 11.3 Å². The molecule has 0 aliphatic heterocycles. The Morgan fingerprint density at radius 3 is 1.02 bits per heavy atom. The molecule has 9 rings (SSSR count). The van der Waals surface area contributed by atoms with Crippen LogP contribution < -0.4 is 66.3 Å². The van der Waals surface area contributed by atoms with Crippen LogP contribution in [0.2, 0.25) is 0 Å². The summed E-state index contributed by atoms with van der Waals surface area (Å²) >= 11 is 0. The Bertz CT molecular complexity index is 3560. The zero-order chi connectivity index (χ0) is 58.8. The summed E-state index contributed by atoms with van der Waals surface area (Å²) in [7, 11) is 12.9. The van der Waals surface area contributed by atoms with Crippen LogP contribution in [-0.4, -0.2) is 71.9 Å².